The summed E-state index contributed by atoms with van der Waals surface area (Å²) in [5.41, 5.74) is 0.907. The fourth-order valence-corrected chi connectivity index (χ4v) is 2.79. The summed E-state index contributed by atoms with van der Waals surface area (Å²) in [6, 6.07) is 5.43. The molecule has 1 rings (SSSR count). The molecule has 0 amide bonds. The van der Waals surface area contributed by atoms with Crippen LogP contribution in [0.5, 0.6) is 5.75 Å². The van der Waals surface area contributed by atoms with E-state index in [0.717, 1.165) is 5.56 Å². The molecule has 0 aliphatic rings. The maximum Gasteiger partial charge on any atom is 0.155 e. The van der Waals surface area contributed by atoms with Gasteiger partial charge in [-0.15, -0.1) is 0 Å². The van der Waals surface area contributed by atoms with Gasteiger partial charge in [-0.05, 0) is 19.9 Å². The van der Waals surface area contributed by atoms with E-state index in [0.29, 0.717) is 16.1 Å². The van der Waals surface area contributed by atoms with Crippen molar-refractivity contribution in [2.24, 2.45) is 0 Å². The second kappa shape index (κ2) is 6.78. The summed E-state index contributed by atoms with van der Waals surface area (Å²) in [4.78, 5) is 0. The molecular weight excluding hydrogens is 340 g/mol. The average molecular weight is 356 g/mol. The number of rotatable bonds is 6. The van der Waals surface area contributed by atoms with Gasteiger partial charge in [-0.3, -0.25) is 0 Å². The van der Waals surface area contributed by atoms with Crippen LogP contribution in [0.2, 0.25) is 5.02 Å². The van der Waals surface area contributed by atoms with Gasteiger partial charge in [-0.25, -0.2) is 8.42 Å². The molecule has 0 unspecified atom stereocenters. The van der Waals surface area contributed by atoms with Crippen LogP contribution in [0.3, 0.4) is 0 Å². The topological polar surface area (TPSA) is 43.4 Å². The normalized spacial score (nSPS) is 11.8. The predicted octanol–water partition coefficient (Wildman–Crippen LogP) is 3.44. The number of ether oxygens (including phenoxy) is 1. The standard InChI is InChI=1S/C12H16BrClO3S/c1-9(2)18(15,16)7-6-17-12-10(8-13)4-3-5-11(12)14/h3-5,9H,6-8H2,1-2H3. The maximum atomic E-state index is 11.6. The van der Waals surface area contributed by atoms with Crippen molar-refractivity contribution in [3.63, 3.8) is 0 Å². The van der Waals surface area contributed by atoms with E-state index < -0.39 is 9.84 Å². The SMILES string of the molecule is CC(C)S(=O)(=O)CCOc1c(Cl)cccc1CBr. The lowest BCUT2D eigenvalue weighted by Crippen LogP contribution is -2.22. The lowest BCUT2D eigenvalue weighted by Gasteiger charge is -2.13. The molecule has 3 nitrogen and oxygen atoms in total. The van der Waals surface area contributed by atoms with Gasteiger partial charge in [0, 0.05) is 10.9 Å². The molecule has 102 valence electrons. The van der Waals surface area contributed by atoms with Crippen LogP contribution < -0.4 is 4.74 Å². The molecule has 0 heterocycles. The van der Waals surface area contributed by atoms with E-state index in [1.165, 1.54) is 0 Å². The molecular formula is C12H16BrClO3S. The minimum Gasteiger partial charge on any atom is -0.491 e. The van der Waals surface area contributed by atoms with E-state index in [1.807, 2.05) is 12.1 Å². The fraction of sp³-hybridized carbons (Fsp3) is 0.500. The Bertz CT molecular complexity index is 500. The van der Waals surface area contributed by atoms with Crippen LogP contribution in [-0.2, 0) is 15.2 Å². The van der Waals surface area contributed by atoms with Crippen LogP contribution in [0.1, 0.15) is 19.4 Å². The molecule has 0 N–H and O–H groups in total. The Balaban J connectivity index is 2.70. The Labute approximate surface area is 122 Å². The number of para-hydroxylation sites is 1. The molecule has 18 heavy (non-hydrogen) atoms. The van der Waals surface area contributed by atoms with Crippen molar-refractivity contribution in [1.29, 1.82) is 0 Å². The zero-order chi connectivity index (χ0) is 13.8. The van der Waals surface area contributed by atoms with Gasteiger partial charge in [0.15, 0.2) is 9.84 Å². The van der Waals surface area contributed by atoms with E-state index in [2.05, 4.69) is 15.9 Å². The summed E-state index contributed by atoms with van der Waals surface area (Å²) in [5.74, 6) is 0.549. The van der Waals surface area contributed by atoms with Crippen molar-refractivity contribution in [3.05, 3.63) is 28.8 Å². The molecule has 0 saturated carbocycles. The van der Waals surface area contributed by atoms with E-state index in [9.17, 15) is 8.42 Å². The van der Waals surface area contributed by atoms with Crippen LogP contribution in [0.15, 0.2) is 18.2 Å². The summed E-state index contributed by atoms with van der Waals surface area (Å²) in [6.45, 7) is 3.44. The minimum atomic E-state index is -3.08. The molecule has 0 aliphatic heterocycles. The van der Waals surface area contributed by atoms with Gasteiger partial charge in [-0.2, -0.15) is 0 Å². The molecule has 0 aromatic heterocycles. The number of alkyl halides is 1. The fourth-order valence-electron chi connectivity index (χ4n) is 1.32. The summed E-state index contributed by atoms with van der Waals surface area (Å²) >= 11 is 9.37. The highest BCUT2D eigenvalue weighted by Crippen LogP contribution is 2.30. The van der Waals surface area contributed by atoms with Crippen LogP contribution >= 0.6 is 27.5 Å². The Kier molecular flexibility index (Phi) is 5.95. The predicted molar refractivity (Wildman–Crippen MR) is 78.5 cm³/mol. The number of halogens is 2. The maximum absolute atomic E-state index is 11.6. The third kappa shape index (κ3) is 4.14. The minimum absolute atomic E-state index is 0.00237. The molecule has 0 fully saturated rings. The lowest BCUT2D eigenvalue weighted by atomic mass is 10.2. The van der Waals surface area contributed by atoms with Crippen molar-refractivity contribution in [2.45, 2.75) is 24.4 Å². The zero-order valence-electron chi connectivity index (χ0n) is 10.3. The second-order valence-electron chi connectivity index (χ2n) is 4.13. The van der Waals surface area contributed by atoms with Crippen molar-refractivity contribution in [3.8, 4) is 5.75 Å². The largest absolute Gasteiger partial charge is 0.491 e. The number of hydrogen-bond acceptors (Lipinski definition) is 3. The number of sulfone groups is 1. The van der Waals surface area contributed by atoms with E-state index in [-0.39, 0.29) is 17.6 Å². The van der Waals surface area contributed by atoms with Gasteiger partial charge >= 0.3 is 0 Å². The zero-order valence-corrected chi connectivity index (χ0v) is 13.5. The third-order valence-corrected chi connectivity index (χ3v) is 5.60. The first kappa shape index (κ1) is 15.8. The van der Waals surface area contributed by atoms with Gasteiger partial charge in [0.2, 0.25) is 0 Å². The second-order valence-corrected chi connectivity index (χ2v) is 7.77. The molecule has 0 bridgehead atoms. The molecule has 0 atom stereocenters. The first-order chi connectivity index (χ1) is 8.38. The van der Waals surface area contributed by atoms with Crippen molar-refractivity contribution in [1.82, 2.24) is 0 Å². The van der Waals surface area contributed by atoms with Crippen LogP contribution in [0, 0.1) is 0 Å². The van der Waals surface area contributed by atoms with Gasteiger partial charge in [0.05, 0.1) is 16.0 Å². The van der Waals surface area contributed by atoms with Crippen molar-refractivity contribution < 1.29 is 13.2 Å². The molecule has 0 aliphatic carbocycles. The smallest absolute Gasteiger partial charge is 0.155 e. The molecule has 0 radical (unpaired) electrons. The highest BCUT2D eigenvalue weighted by atomic mass is 79.9. The summed E-state index contributed by atoms with van der Waals surface area (Å²) in [5, 5.41) is 0.719. The van der Waals surface area contributed by atoms with Crippen molar-refractivity contribution in [2.75, 3.05) is 12.4 Å². The molecule has 1 aromatic carbocycles. The van der Waals surface area contributed by atoms with Crippen LogP contribution in [-0.4, -0.2) is 26.0 Å². The van der Waals surface area contributed by atoms with Crippen LogP contribution in [0.4, 0.5) is 0 Å². The molecule has 0 saturated heterocycles. The monoisotopic (exact) mass is 354 g/mol. The number of hydrogen-bond donors (Lipinski definition) is 0. The summed E-state index contributed by atoms with van der Waals surface area (Å²) < 4.78 is 28.8. The Hall–Kier alpha value is -0.260. The Morgan fingerprint density at radius 1 is 1.39 bits per heavy atom. The molecule has 6 heteroatoms. The summed E-state index contributed by atoms with van der Waals surface area (Å²) in [7, 11) is -3.08. The first-order valence-corrected chi connectivity index (χ1v) is 8.77. The quantitative estimate of drug-likeness (QED) is 0.734. The Morgan fingerprint density at radius 3 is 2.61 bits per heavy atom. The van der Waals surface area contributed by atoms with E-state index in [4.69, 9.17) is 16.3 Å². The first-order valence-electron chi connectivity index (χ1n) is 5.56. The van der Waals surface area contributed by atoms with Crippen LogP contribution in [0.25, 0.3) is 0 Å². The van der Waals surface area contributed by atoms with Gasteiger partial charge in [0.1, 0.15) is 12.4 Å². The molecule has 1 aromatic rings. The van der Waals surface area contributed by atoms with Crippen molar-refractivity contribution >= 4 is 37.4 Å². The number of benzene rings is 1. The van der Waals surface area contributed by atoms with Gasteiger partial charge in [0.25, 0.3) is 0 Å². The average Bonchev–Trinajstić information content (AvgIpc) is 2.30. The Morgan fingerprint density at radius 2 is 2.06 bits per heavy atom. The highest BCUT2D eigenvalue weighted by molar-refractivity contribution is 9.08. The third-order valence-electron chi connectivity index (χ3n) is 2.52. The van der Waals surface area contributed by atoms with Gasteiger partial charge in [-0.1, -0.05) is 39.7 Å². The highest BCUT2D eigenvalue weighted by Gasteiger charge is 2.16. The lowest BCUT2D eigenvalue weighted by molar-refractivity contribution is 0.338. The van der Waals surface area contributed by atoms with E-state index in [1.54, 1.807) is 19.9 Å². The van der Waals surface area contributed by atoms with E-state index >= 15 is 0 Å². The summed E-state index contributed by atoms with van der Waals surface area (Å²) in [6.07, 6.45) is 0. The van der Waals surface area contributed by atoms with Gasteiger partial charge < -0.3 is 4.74 Å². The molecule has 0 spiro atoms.